The van der Waals surface area contributed by atoms with Gasteiger partial charge in [0, 0.05) is 30.1 Å². The molecule has 3 rings (SSSR count). The number of carbonyl (C=O) groups is 1. The molecule has 1 saturated heterocycles. The topological polar surface area (TPSA) is 49.8 Å². The number of nitrogens with zero attached hydrogens (tertiary/aromatic N) is 1. The Morgan fingerprint density at radius 3 is 3.00 bits per heavy atom. The van der Waals surface area contributed by atoms with Crippen molar-refractivity contribution >= 4 is 23.6 Å². The Bertz CT molecular complexity index is 628. The number of rotatable bonds is 2. The molecule has 112 valence electrons. The van der Waals surface area contributed by atoms with Gasteiger partial charge >= 0.3 is 5.97 Å². The van der Waals surface area contributed by atoms with Crippen molar-refractivity contribution in [3.8, 4) is 5.75 Å². The zero-order valence-corrected chi connectivity index (χ0v) is 12.9. The van der Waals surface area contributed by atoms with Gasteiger partial charge in [0.1, 0.15) is 17.4 Å². The molecule has 2 heterocycles. The van der Waals surface area contributed by atoms with Crippen LogP contribution in [0.2, 0.25) is 5.02 Å². The first-order valence-electron chi connectivity index (χ1n) is 7.05. The van der Waals surface area contributed by atoms with Gasteiger partial charge in [0.2, 0.25) is 0 Å². The number of ether oxygens (including phenoxy) is 1. The zero-order chi connectivity index (χ0) is 15.2. The molecule has 2 atom stereocenters. The second kappa shape index (κ2) is 5.04. The van der Waals surface area contributed by atoms with Crippen LogP contribution < -0.4 is 4.74 Å². The summed E-state index contributed by atoms with van der Waals surface area (Å²) in [5, 5.41) is 9.84. The summed E-state index contributed by atoms with van der Waals surface area (Å²) in [6.07, 6.45) is 4.87. The molecule has 5 heteroatoms. The molecule has 2 unspecified atom stereocenters. The fourth-order valence-corrected chi connectivity index (χ4v) is 3.32. The molecule has 0 amide bonds. The predicted molar refractivity (Wildman–Crippen MR) is 81.9 cm³/mol. The minimum absolute atomic E-state index is 0.421. The highest BCUT2D eigenvalue weighted by atomic mass is 35.5. The van der Waals surface area contributed by atoms with Crippen molar-refractivity contribution < 1.29 is 14.6 Å². The molecular weight excluding hydrogens is 290 g/mol. The first kappa shape index (κ1) is 14.4. The van der Waals surface area contributed by atoms with Crippen LogP contribution in [-0.4, -0.2) is 40.7 Å². The quantitative estimate of drug-likeness (QED) is 0.912. The van der Waals surface area contributed by atoms with E-state index in [1.54, 1.807) is 6.92 Å². The van der Waals surface area contributed by atoms with Crippen LogP contribution in [0.5, 0.6) is 5.75 Å². The van der Waals surface area contributed by atoms with E-state index in [1.807, 2.05) is 36.1 Å². The monoisotopic (exact) mass is 307 g/mol. The maximum absolute atomic E-state index is 11.1. The van der Waals surface area contributed by atoms with E-state index in [0.717, 1.165) is 29.8 Å². The number of halogens is 1. The average Bonchev–Trinajstić information content (AvgIpc) is 2.83. The number of aliphatic carboxylic acids is 1. The Labute approximate surface area is 129 Å². The third-order valence-electron chi connectivity index (χ3n) is 4.34. The summed E-state index contributed by atoms with van der Waals surface area (Å²) in [6.45, 7) is 5.01. The molecule has 2 aliphatic heterocycles. The van der Waals surface area contributed by atoms with E-state index in [0.29, 0.717) is 11.6 Å². The lowest BCUT2D eigenvalue weighted by Gasteiger charge is -2.33. The van der Waals surface area contributed by atoms with Gasteiger partial charge in [-0.3, -0.25) is 9.69 Å². The summed E-state index contributed by atoms with van der Waals surface area (Å²) in [7, 11) is 0. The standard InChI is InChI=1S/C16H18ClNO3/c1-10-7-13(17)8-12-3-4-16(21-14(10)12)5-6-18(9-16)11(2)15(19)20/h3-4,7-8,11H,5-6,9H2,1-2H3,(H,19,20). The number of fused-ring (bicyclic) bond motifs is 1. The summed E-state index contributed by atoms with van der Waals surface area (Å²) in [5.41, 5.74) is 1.57. The van der Waals surface area contributed by atoms with Crippen molar-refractivity contribution in [2.75, 3.05) is 13.1 Å². The maximum Gasteiger partial charge on any atom is 0.320 e. The fraction of sp³-hybridized carbons (Fsp3) is 0.438. The highest BCUT2D eigenvalue weighted by Crippen LogP contribution is 2.40. The Morgan fingerprint density at radius 2 is 2.29 bits per heavy atom. The molecule has 0 aromatic heterocycles. The Balaban J connectivity index is 1.86. The van der Waals surface area contributed by atoms with Crippen LogP contribution >= 0.6 is 11.6 Å². The molecule has 1 fully saturated rings. The van der Waals surface area contributed by atoms with Crippen molar-refractivity contribution in [2.24, 2.45) is 0 Å². The van der Waals surface area contributed by atoms with Crippen molar-refractivity contribution in [3.05, 3.63) is 34.4 Å². The van der Waals surface area contributed by atoms with Gasteiger partial charge in [-0.1, -0.05) is 17.7 Å². The first-order valence-corrected chi connectivity index (χ1v) is 7.43. The van der Waals surface area contributed by atoms with Gasteiger partial charge < -0.3 is 9.84 Å². The highest BCUT2D eigenvalue weighted by Gasteiger charge is 2.43. The number of benzene rings is 1. The van der Waals surface area contributed by atoms with Gasteiger partial charge in [-0.05, 0) is 37.6 Å². The van der Waals surface area contributed by atoms with Gasteiger partial charge in [0.15, 0.2) is 0 Å². The van der Waals surface area contributed by atoms with Crippen LogP contribution in [0.1, 0.15) is 24.5 Å². The van der Waals surface area contributed by atoms with Crippen molar-refractivity contribution in [1.29, 1.82) is 0 Å². The lowest BCUT2D eigenvalue weighted by atomic mass is 9.96. The molecule has 0 saturated carbocycles. The maximum atomic E-state index is 11.1. The summed E-state index contributed by atoms with van der Waals surface area (Å²) < 4.78 is 6.25. The van der Waals surface area contributed by atoms with Gasteiger partial charge in [0.05, 0.1) is 0 Å². The second-order valence-electron chi connectivity index (χ2n) is 5.88. The molecule has 1 aromatic carbocycles. The number of likely N-dealkylation sites (tertiary alicyclic amines) is 1. The van der Waals surface area contributed by atoms with Gasteiger partial charge in [-0.25, -0.2) is 0 Å². The van der Waals surface area contributed by atoms with Crippen molar-refractivity contribution in [2.45, 2.75) is 31.9 Å². The molecule has 4 nitrogen and oxygen atoms in total. The van der Waals surface area contributed by atoms with E-state index in [-0.39, 0.29) is 0 Å². The van der Waals surface area contributed by atoms with Crippen LogP contribution in [0.4, 0.5) is 0 Å². The van der Waals surface area contributed by atoms with Gasteiger partial charge in [0.25, 0.3) is 0 Å². The number of carboxylic acids is 1. The first-order chi connectivity index (χ1) is 9.90. The minimum atomic E-state index is -0.796. The molecule has 21 heavy (non-hydrogen) atoms. The normalized spacial score (nSPS) is 25.7. The molecular formula is C16H18ClNO3. The Hall–Kier alpha value is -1.52. The fourth-order valence-electron chi connectivity index (χ4n) is 3.04. The number of hydrogen-bond donors (Lipinski definition) is 1. The third-order valence-corrected chi connectivity index (χ3v) is 4.56. The largest absolute Gasteiger partial charge is 0.481 e. The van der Waals surface area contributed by atoms with Crippen LogP contribution in [0.15, 0.2) is 18.2 Å². The van der Waals surface area contributed by atoms with Crippen LogP contribution in [0, 0.1) is 6.92 Å². The SMILES string of the molecule is Cc1cc(Cl)cc2c1OC1(C=C2)CCN(C(C)C(=O)O)C1. The van der Waals surface area contributed by atoms with Crippen molar-refractivity contribution in [1.82, 2.24) is 4.90 Å². The van der Waals surface area contributed by atoms with Crippen LogP contribution in [-0.2, 0) is 4.79 Å². The number of hydrogen-bond acceptors (Lipinski definition) is 3. The molecule has 0 aliphatic carbocycles. The van der Waals surface area contributed by atoms with Crippen LogP contribution in [0.25, 0.3) is 6.08 Å². The second-order valence-corrected chi connectivity index (χ2v) is 6.31. The summed E-state index contributed by atoms with van der Waals surface area (Å²) in [4.78, 5) is 13.1. The smallest absolute Gasteiger partial charge is 0.320 e. The summed E-state index contributed by atoms with van der Waals surface area (Å²) in [6, 6.07) is 3.29. The minimum Gasteiger partial charge on any atom is -0.481 e. The number of carboxylic acid groups (broad SMARTS) is 1. The summed E-state index contributed by atoms with van der Waals surface area (Å²) in [5.74, 6) is 0.0573. The van der Waals surface area contributed by atoms with Crippen LogP contribution in [0.3, 0.4) is 0 Å². The zero-order valence-electron chi connectivity index (χ0n) is 12.1. The molecule has 1 spiro atoms. The number of aryl methyl sites for hydroxylation is 1. The highest BCUT2D eigenvalue weighted by molar-refractivity contribution is 6.30. The molecule has 1 aromatic rings. The van der Waals surface area contributed by atoms with E-state index in [2.05, 4.69) is 0 Å². The van der Waals surface area contributed by atoms with Gasteiger partial charge in [-0.15, -0.1) is 0 Å². The van der Waals surface area contributed by atoms with E-state index in [9.17, 15) is 4.79 Å². The van der Waals surface area contributed by atoms with E-state index >= 15 is 0 Å². The molecule has 2 aliphatic rings. The lowest BCUT2D eigenvalue weighted by Crippen LogP contribution is -2.43. The Morgan fingerprint density at radius 1 is 1.52 bits per heavy atom. The Kier molecular flexibility index (Phi) is 3.46. The van der Waals surface area contributed by atoms with E-state index < -0.39 is 17.6 Å². The van der Waals surface area contributed by atoms with E-state index in [1.165, 1.54) is 0 Å². The van der Waals surface area contributed by atoms with Crippen molar-refractivity contribution in [3.63, 3.8) is 0 Å². The molecule has 1 N–H and O–H groups in total. The third kappa shape index (κ3) is 2.54. The summed E-state index contributed by atoms with van der Waals surface area (Å²) >= 11 is 6.07. The average molecular weight is 308 g/mol. The molecule has 0 bridgehead atoms. The predicted octanol–water partition coefficient (Wildman–Crippen LogP) is 2.97. The van der Waals surface area contributed by atoms with Gasteiger partial charge in [-0.2, -0.15) is 0 Å². The lowest BCUT2D eigenvalue weighted by molar-refractivity contribution is -0.142. The molecule has 0 radical (unpaired) electrons. The van der Waals surface area contributed by atoms with E-state index in [4.69, 9.17) is 21.4 Å².